The van der Waals surface area contributed by atoms with Crippen LogP contribution in [0.4, 0.5) is 5.69 Å². The second-order valence-electron chi connectivity index (χ2n) is 4.63. The average molecular weight is 351 g/mol. The molecule has 1 aromatic heterocycles. The van der Waals surface area contributed by atoms with Crippen molar-refractivity contribution in [3.8, 4) is 5.75 Å². The molecule has 0 saturated carbocycles. The van der Waals surface area contributed by atoms with E-state index in [1.54, 1.807) is 19.1 Å². The molecule has 1 amide bonds. The summed E-state index contributed by atoms with van der Waals surface area (Å²) in [4.78, 5) is 11.8. The summed E-state index contributed by atoms with van der Waals surface area (Å²) in [6, 6.07) is 8.87. The average Bonchev–Trinajstić information content (AvgIpc) is 2.43. The number of ether oxygens (including phenoxy) is 1. The summed E-state index contributed by atoms with van der Waals surface area (Å²) in [5, 5.41) is 14.1. The molecule has 21 heavy (non-hydrogen) atoms. The Morgan fingerprint density at radius 2 is 2.10 bits per heavy atom. The molecule has 0 aliphatic rings. The molecule has 6 heteroatoms. The van der Waals surface area contributed by atoms with Crippen molar-refractivity contribution in [3.63, 3.8) is 0 Å². The van der Waals surface area contributed by atoms with Gasteiger partial charge in [0, 0.05) is 23.2 Å². The standard InChI is InChI=1S/C15H15BrN2O3/c1-10-7-12(16)4-6-14(10)17-15(19)9-21-13-5-3-11(2)18(20)8-13/h3-8H,9H2,1-2H3,(H,17,19). The lowest BCUT2D eigenvalue weighted by molar-refractivity contribution is -0.612. The van der Waals surface area contributed by atoms with Crippen LogP contribution in [-0.2, 0) is 4.79 Å². The minimum Gasteiger partial charge on any atom is -0.618 e. The first-order chi connectivity index (χ1) is 9.95. The van der Waals surface area contributed by atoms with Gasteiger partial charge in [0.2, 0.25) is 6.20 Å². The van der Waals surface area contributed by atoms with E-state index in [0.717, 1.165) is 15.7 Å². The van der Waals surface area contributed by atoms with E-state index < -0.39 is 0 Å². The van der Waals surface area contributed by atoms with Gasteiger partial charge in [-0.15, -0.1) is 0 Å². The van der Waals surface area contributed by atoms with E-state index in [-0.39, 0.29) is 12.5 Å². The number of nitrogens with zero attached hydrogens (tertiary/aromatic N) is 1. The van der Waals surface area contributed by atoms with E-state index in [0.29, 0.717) is 16.2 Å². The molecule has 0 radical (unpaired) electrons. The number of hydrogen-bond acceptors (Lipinski definition) is 3. The first-order valence-corrected chi connectivity index (χ1v) is 7.13. The number of carbonyl (C=O) groups is 1. The third-order valence-electron chi connectivity index (χ3n) is 2.91. The lowest BCUT2D eigenvalue weighted by atomic mass is 10.2. The Balaban J connectivity index is 1.94. The van der Waals surface area contributed by atoms with Crippen molar-refractivity contribution >= 4 is 27.5 Å². The van der Waals surface area contributed by atoms with Crippen molar-refractivity contribution in [2.75, 3.05) is 11.9 Å². The highest BCUT2D eigenvalue weighted by atomic mass is 79.9. The van der Waals surface area contributed by atoms with Crippen LogP contribution in [0.2, 0.25) is 0 Å². The van der Waals surface area contributed by atoms with Crippen molar-refractivity contribution in [2.45, 2.75) is 13.8 Å². The number of aromatic nitrogens is 1. The molecule has 0 bridgehead atoms. The fraction of sp³-hybridized carbons (Fsp3) is 0.200. The molecule has 110 valence electrons. The number of hydrogen-bond donors (Lipinski definition) is 1. The van der Waals surface area contributed by atoms with E-state index in [2.05, 4.69) is 21.2 Å². The Morgan fingerprint density at radius 1 is 1.33 bits per heavy atom. The zero-order valence-corrected chi connectivity index (χ0v) is 13.3. The third-order valence-corrected chi connectivity index (χ3v) is 3.41. The topological polar surface area (TPSA) is 65.3 Å². The number of pyridine rings is 1. The number of benzene rings is 1. The number of aryl methyl sites for hydroxylation is 2. The second kappa shape index (κ2) is 6.58. The molecule has 2 rings (SSSR count). The predicted molar refractivity (Wildman–Crippen MR) is 83.1 cm³/mol. The summed E-state index contributed by atoms with van der Waals surface area (Å²) in [6.45, 7) is 3.44. The quantitative estimate of drug-likeness (QED) is 0.680. The lowest BCUT2D eigenvalue weighted by Gasteiger charge is -2.10. The third kappa shape index (κ3) is 4.19. The SMILES string of the molecule is Cc1cc(Br)ccc1NC(=O)COc1ccc(C)[n+]([O-])c1. The number of carbonyl (C=O) groups excluding carboxylic acids is 1. The molecule has 0 spiro atoms. The van der Waals surface area contributed by atoms with Gasteiger partial charge in [0.15, 0.2) is 18.1 Å². The molecule has 0 atom stereocenters. The van der Waals surface area contributed by atoms with Crippen LogP contribution in [0.5, 0.6) is 5.75 Å². The van der Waals surface area contributed by atoms with Crippen LogP contribution < -0.4 is 14.8 Å². The van der Waals surface area contributed by atoms with Gasteiger partial charge >= 0.3 is 0 Å². The lowest BCUT2D eigenvalue weighted by Crippen LogP contribution is -2.29. The smallest absolute Gasteiger partial charge is 0.262 e. The van der Waals surface area contributed by atoms with E-state index in [1.807, 2.05) is 25.1 Å². The Labute approximate surface area is 131 Å². The summed E-state index contributed by atoms with van der Waals surface area (Å²) in [6.07, 6.45) is 1.30. The number of rotatable bonds is 4. The summed E-state index contributed by atoms with van der Waals surface area (Å²) >= 11 is 3.37. The van der Waals surface area contributed by atoms with Gasteiger partial charge in [0.1, 0.15) is 0 Å². The van der Waals surface area contributed by atoms with Crippen LogP contribution in [0.25, 0.3) is 0 Å². The van der Waals surface area contributed by atoms with E-state index >= 15 is 0 Å². The zero-order valence-electron chi connectivity index (χ0n) is 11.7. The highest BCUT2D eigenvalue weighted by molar-refractivity contribution is 9.10. The molecule has 0 aliphatic carbocycles. The molecule has 1 aromatic carbocycles. The normalized spacial score (nSPS) is 10.2. The Morgan fingerprint density at radius 3 is 2.76 bits per heavy atom. The summed E-state index contributed by atoms with van der Waals surface area (Å²) in [5.41, 5.74) is 2.25. The van der Waals surface area contributed by atoms with Crippen molar-refractivity contribution < 1.29 is 14.3 Å². The fourth-order valence-corrected chi connectivity index (χ4v) is 2.20. The second-order valence-corrected chi connectivity index (χ2v) is 5.54. The molecule has 0 aliphatic heterocycles. The Kier molecular flexibility index (Phi) is 4.80. The zero-order chi connectivity index (χ0) is 15.4. The fourth-order valence-electron chi connectivity index (χ4n) is 1.72. The highest BCUT2D eigenvalue weighted by Gasteiger charge is 2.08. The maximum Gasteiger partial charge on any atom is 0.262 e. The number of anilines is 1. The molecule has 1 heterocycles. The highest BCUT2D eigenvalue weighted by Crippen LogP contribution is 2.20. The molecular weight excluding hydrogens is 336 g/mol. The molecule has 2 aromatic rings. The van der Waals surface area contributed by atoms with Crippen molar-refractivity contribution in [3.05, 3.63) is 57.5 Å². The van der Waals surface area contributed by atoms with Crippen molar-refractivity contribution in [1.29, 1.82) is 0 Å². The van der Waals surface area contributed by atoms with Crippen LogP contribution in [0.1, 0.15) is 11.3 Å². The summed E-state index contributed by atoms with van der Waals surface area (Å²) in [7, 11) is 0. The maximum atomic E-state index is 11.8. The van der Waals surface area contributed by atoms with E-state index in [1.165, 1.54) is 6.20 Å². The summed E-state index contributed by atoms with van der Waals surface area (Å²) in [5.74, 6) is 0.0803. The Bertz CT molecular complexity index is 674. The van der Waals surface area contributed by atoms with Gasteiger partial charge in [-0.25, -0.2) is 0 Å². The van der Waals surface area contributed by atoms with Crippen molar-refractivity contribution in [2.24, 2.45) is 0 Å². The first-order valence-electron chi connectivity index (χ1n) is 6.34. The van der Waals surface area contributed by atoms with E-state index in [9.17, 15) is 10.0 Å². The van der Waals surface area contributed by atoms with Gasteiger partial charge < -0.3 is 15.3 Å². The van der Waals surface area contributed by atoms with Gasteiger partial charge in [0.05, 0.1) is 0 Å². The van der Waals surface area contributed by atoms with Gasteiger partial charge in [-0.2, -0.15) is 4.73 Å². The maximum absolute atomic E-state index is 11.8. The van der Waals surface area contributed by atoms with Gasteiger partial charge in [0.25, 0.3) is 5.91 Å². The van der Waals surface area contributed by atoms with Crippen LogP contribution in [0, 0.1) is 19.1 Å². The first kappa shape index (κ1) is 15.3. The summed E-state index contributed by atoms with van der Waals surface area (Å²) < 4.78 is 6.95. The molecule has 0 fully saturated rings. The molecule has 0 unspecified atom stereocenters. The largest absolute Gasteiger partial charge is 0.618 e. The van der Waals surface area contributed by atoms with Crippen LogP contribution in [-0.4, -0.2) is 12.5 Å². The number of halogens is 1. The minimum atomic E-state index is -0.279. The molecule has 5 nitrogen and oxygen atoms in total. The number of nitrogens with one attached hydrogen (secondary N) is 1. The molecular formula is C15H15BrN2O3. The minimum absolute atomic E-state index is 0.154. The van der Waals surface area contributed by atoms with Crippen molar-refractivity contribution in [1.82, 2.24) is 0 Å². The van der Waals surface area contributed by atoms with Gasteiger partial charge in [-0.3, -0.25) is 4.79 Å². The van der Waals surface area contributed by atoms with Gasteiger partial charge in [-0.1, -0.05) is 15.9 Å². The van der Waals surface area contributed by atoms with Gasteiger partial charge in [-0.05, 0) is 36.8 Å². The van der Waals surface area contributed by atoms with Crippen LogP contribution in [0.15, 0.2) is 41.0 Å². The van der Waals surface area contributed by atoms with E-state index in [4.69, 9.17) is 4.74 Å². The Hall–Kier alpha value is -2.08. The van der Waals surface area contributed by atoms with Crippen LogP contribution in [0.3, 0.4) is 0 Å². The van der Waals surface area contributed by atoms with Crippen LogP contribution >= 0.6 is 15.9 Å². The monoisotopic (exact) mass is 350 g/mol. The number of amides is 1. The molecule has 0 saturated heterocycles. The molecule has 1 N–H and O–H groups in total. The predicted octanol–water partition coefficient (Wildman–Crippen LogP) is 2.72.